The molecule has 2 N–H and O–H groups in total. The van der Waals surface area contributed by atoms with E-state index < -0.39 is 0 Å². The fourth-order valence-electron chi connectivity index (χ4n) is 3.16. The lowest BCUT2D eigenvalue weighted by molar-refractivity contribution is 0.936. The number of nitrogens with zero attached hydrogens (tertiary/aromatic N) is 2. The molecule has 138 valence electrons. The molecule has 0 aliphatic heterocycles. The Morgan fingerprint density at radius 3 is 2.52 bits per heavy atom. The molecular formula is C22H24N4S. The standard InChI is InChI=1S/C22H24N4S/c1-4-18-10-8-9-13-21(18)26-16(2)14-19(17(26)3)15-23-25-22(27)24-20-11-6-5-7-12-20/h5-15H,4H2,1-3H3,(H2,24,25,27)/b23-15-. The second-order valence-corrected chi connectivity index (χ2v) is 6.74. The van der Waals surface area contributed by atoms with E-state index in [4.69, 9.17) is 12.2 Å². The molecule has 0 unspecified atom stereocenters. The molecule has 3 aromatic rings. The van der Waals surface area contributed by atoms with Gasteiger partial charge in [0.2, 0.25) is 0 Å². The molecule has 2 aromatic carbocycles. The highest BCUT2D eigenvalue weighted by Gasteiger charge is 2.11. The van der Waals surface area contributed by atoms with Crippen LogP contribution in [0.3, 0.4) is 0 Å². The van der Waals surface area contributed by atoms with Crippen LogP contribution in [0.5, 0.6) is 0 Å². The number of rotatable bonds is 5. The van der Waals surface area contributed by atoms with Crippen LogP contribution in [0.2, 0.25) is 0 Å². The first-order chi connectivity index (χ1) is 13.1. The molecule has 3 rings (SSSR count). The van der Waals surface area contributed by atoms with Gasteiger partial charge >= 0.3 is 0 Å². The average Bonchev–Trinajstić information content (AvgIpc) is 2.96. The fraction of sp³-hybridized carbons (Fsp3) is 0.182. The number of nitrogens with one attached hydrogen (secondary N) is 2. The number of anilines is 1. The fourth-order valence-corrected chi connectivity index (χ4v) is 3.33. The maximum Gasteiger partial charge on any atom is 0.191 e. The number of hydrogen-bond donors (Lipinski definition) is 2. The van der Waals surface area contributed by atoms with E-state index in [1.54, 1.807) is 0 Å². The summed E-state index contributed by atoms with van der Waals surface area (Å²) in [5.74, 6) is 0. The lowest BCUT2D eigenvalue weighted by Crippen LogP contribution is -2.23. The SMILES string of the molecule is CCc1ccccc1-n1c(C)cc(/C=N\NC(=S)Nc2ccccc2)c1C. The summed E-state index contributed by atoms with van der Waals surface area (Å²) in [5, 5.41) is 7.86. The van der Waals surface area contributed by atoms with Crippen LogP contribution in [0.15, 0.2) is 65.8 Å². The molecule has 27 heavy (non-hydrogen) atoms. The Morgan fingerprint density at radius 1 is 1.07 bits per heavy atom. The quantitative estimate of drug-likeness (QED) is 0.375. The Labute approximate surface area is 165 Å². The average molecular weight is 377 g/mol. The van der Waals surface area contributed by atoms with Crippen molar-refractivity contribution in [1.82, 2.24) is 9.99 Å². The Kier molecular flexibility index (Phi) is 6.04. The third-order valence-corrected chi connectivity index (χ3v) is 4.68. The summed E-state index contributed by atoms with van der Waals surface area (Å²) in [5.41, 5.74) is 9.76. The Hall–Kier alpha value is -2.92. The monoisotopic (exact) mass is 376 g/mol. The van der Waals surface area contributed by atoms with Crippen LogP contribution < -0.4 is 10.7 Å². The summed E-state index contributed by atoms with van der Waals surface area (Å²) in [6.07, 6.45) is 2.81. The summed E-state index contributed by atoms with van der Waals surface area (Å²) < 4.78 is 2.28. The van der Waals surface area contributed by atoms with E-state index in [9.17, 15) is 0 Å². The van der Waals surface area contributed by atoms with E-state index in [0.717, 1.165) is 23.4 Å². The number of hydrogen-bond acceptors (Lipinski definition) is 2. The van der Waals surface area contributed by atoms with E-state index in [0.29, 0.717) is 5.11 Å². The van der Waals surface area contributed by atoms with Gasteiger partial charge in [-0.25, -0.2) is 0 Å². The smallest absolute Gasteiger partial charge is 0.191 e. The number of hydrazone groups is 1. The predicted octanol–water partition coefficient (Wildman–Crippen LogP) is 4.98. The molecule has 0 saturated heterocycles. The largest absolute Gasteiger partial charge is 0.331 e. The van der Waals surface area contributed by atoms with Crippen LogP contribution in [-0.4, -0.2) is 15.9 Å². The highest BCUT2D eigenvalue weighted by molar-refractivity contribution is 7.80. The molecule has 0 bridgehead atoms. The minimum absolute atomic E-state index is 0.461. The first kappa shape index (κ1) is 18.9. The first-order valence-corrected chi connectivity index (χ1v) is 9.43. The van der Waals surface area contributed by atoms with Crippen molar-refractivity contribution in [3.63, 3.8) is 0 Å². The normalized spacial score (nSPS) is 10.9. The predicted molar refractivity (Wildman–Crippen MR) is 118 cm³/mol. The summed E-state index contributed by atoms with van der Waals surface area (Å²) >= 11 is 5.28. The maximum absolute atomic E-state index is 5.28. The molecular weight excluding hydrogens is 352 g/mol. The number of para-hydroxylation sites is 2. The Bertz CT molecular complexity index is 958. The van der Waals surface area contributed by atoms with Crippen LogP contribution >= 0.6 is 12.2 Å². The van der Waals surface area contributed by atoms with Crippen molar-refractivity contribution in [3.8, 4) is 5.69 Å². The Balaban J connectivity index is 1.75. The van der Waals surface area contributed by atoms with Gasteiger partial charge in [0.1, 0.15) is 0 Å². The summed E-state index contributed by atoms with van der Waals surface area (Å²) in [6.45, 7) is 6.41. The van der Waals surface area contributed by atoms with Crippen molar-refractivity contribution >= 4 is 29.2 Å². The van der Waals surface area contributed by atoms with E-state index >= 15 is 0 Å². The molecule has 0 aliphatic rings. The molecule has 4 nitrogen and oxygen atoms in total. The van der Waals surface area contributed by atoms with E-state index in [1.807, 2.05) is 36.5 Å². The summed E-state index contributed by atoms with van der Waals surface area (Å²) in [4.78, 5) is 0. The van der Waals surface area contributed by atoms with Gasteiger partial charge in [-0.05, 0) is 62.3 Å². The van der Waals surface area contributed by atoms with Gasteiger partial charge in [0.25, 0.3) is 0 Å². The van der Waals surface area contributed by atoms with Crippen molar-refractivity contribution in [2.45, 2.75) is 27.2 Å². The summed E-state index contributed by atoms with van der Waals surface area (Å²) in [6, 6.07) is 20.4. The zero-order chi connectivity index (χ0) is 19.2. The zero-order valence-electron chi connectivity index (χ0n) is 15.9. The van der Waals surface area contributed by atoms with Gasteiger partial charge in [0.05, 0.1) is 6.21 Å². The first-order valence-electron chi connectivity index (χ1n) is 9.02. The van der Waals surface area contributed by atoms with E-state index in [-0.39, 0.29) is 0 Å². The van der Waals surface area contributed by atoms with Gasteiger partial charge in [0.15, 0.2) is 5.11 Å². The molecule has 1 aromatic heterocycles. The van der Waals surface area contributed by atoms with Gasteiger partial charge in [-0.3, -0.25) is 5.43 Å². The molecule has 0 fully saturated rings. The zero-order valence-corrected chi connectivity index (χ0v) is 16.7. The Morgan fingerprint density at radius 2 is 1.78 bits per heavy atom. The maximum atomic E-state index is 5.28. The molecule has 5 heteroatoms. The molecule has 0 aliphatic carbocycles. The van der Waals surface area contributed by atoms with Crippen LogP contribution in [0.4, 0.5) is 5.69 Å². The van der Waals surface area contributed by atoms with Crippen LogP contribution in [0.1, 0.15) is 29.4 Å². The second-order valence-electron chi connectivity index (χ2n) is 6.33. The summed E-state index contributed by atoms with van der Waals surface area (Å²) in [7, 11) is 0. The molecule has 1 heterocycles. The van der Waals surface area contributed by atoms with Crippen LogP contribution in [0, 0.1) is 13.8 Å². The lowest BCUT2D eigenvalue weighted by atomic mass is 10.1. The highest BCUT2D eigenvalue weighted by Crippen LogP contribution is 2.23. The van der Waals surface area contributed by atoms with Gasteiger partial charge in [-0.15, -0.1) is 0 Å². The van der Waals surface area contributed by atoms with E-state index in [2.05, 4.69) is 71.5 Å². The number of aromatic nitrogens is 1. The lowest BCUT2D eigenvalue weighted by Gasteiger charge is -2.13. The van der Waals surface area contributed by atoms with Gasteiger partial charge in [0, 0.05) is 28.3 Å². The van der Waals surface area contributed by atoms with Gasteiger partial charge < -0.3 is 9.88 Å². The number of benzene rings is 2. The van der Waals surface area contributed by atoms with Gasteiger partial charge in [-0.2, -0.15) is 5.10 Å². The van der Waals surface area contributed by atoms with E-state index in [1.165, 1.54) is 16.9 Å². The van der Waals surface area contributed by atoms with Crippen LogP contribution in [-0.2, 0) is 6.42 Å². The highest BCUT2D eigenvalue weighted by atomic mass is 32.1. The number of thiocarbonyl (C=S) groups is 1. The van der Waals surface area contributed by atoms with Gasteiger partial charge in [-0.1, -0.05) is 43.3 Å². The number of aryl methyl sites for hydroxylation is 2. The third kappa shape index (κ3) is 4.44. The minimum Gasteiger partial charge on any atom is -0.331 e. The van der Waals surface area contributed by atoms with Crippen LogP contribution in [0.25, 0.3) is 5.69 Å². The molecule has 0 radical (unpaired) electrons. The van der Waals surface area contributed by atoms with Crippen molar-refractivity contribution in [2.75, 3.05) is 5.32 Å². The second kappa shape index (κ2) is 8.64. The molecule has 0 saturated carbocycles. The van der Waals surface area contributed by atoms with Crippen molar-refractivity contribution in [3.05, 3.63) is 83.2 Å². The molecule has 0 amide bonds. The minimum atomic E-state index is 0.461. The molecule has 0 atom stereocenters. The van der Waals surface area contributed by atoms with Crippen molar-refractivity contribution < 1.29 is 0 Å². The topological polar surface area (TPSA) is 41.4 Å². The molecule has 0 spiro atoms. The van der Waals surface area contributed by atoms with Crippen molar-refractivity contribution in [1.29, 1.82) is 0 Å². The van der Waals surface area contributed by atoms with Crippen molar-refractivity contribution in [2.24, 2.45) is 5.10 Å². The third-order valence-electron chi connectivity index (χ3n) is 4.49.